The molecule has 31 heavy (non-hydrogen) atoms. The Hall–Kier alpha value is -3.03. The molecule has 1 aliphatic rings. The summed E-state index contributed by atoms with van der Waals surface area (Å²) in [5, 5.41) is 8.45. The van der Waals surface area contributed by atoms with Gasteiger partial charge in [0.15, 0.2) is 0 Å². The number of halogens is 2. The van der Waals surface area contributed by atoms with Gasteiger partial charge in [0.05, 0.1) is 24.4 Å². The summed E-state index contributed by atoms with van der Waals surface area (Å²) < 4.78 is 34.8. The number of methoxy groups -OCH3 is 1. The molecule has 0 radical (unpaired) electrons. The van der Waals surface area contributed by atoms with Crippen LogP contribution in [0.15, 0.2) is 30.5 Å². The Morgan fingerprint density at radius 2 is 2.00 bits per heavy atom. The molecule has 1 aromatic carbocycles. The molecule has 0 unspecified atom stereocenters. The summed E-state index contributed by atoms with van der Waals surface area (Å²) in [5.41, 5.74) is 1.55. The Kier molecular flexibility index (Phi) is 5.64. The van der Waals surface area contributed by atoms with Crippen molar-refractivity contribution in [3.63, 3.8) is 0 Å². The Bertz CT molecular complexity index is 1110. The molecule has 1 N–H and O–H groups in total. The van der Waals surface area contributed by atoms with E-state index in [2.05, 4.69) is 10.3 Å². The van der Waals surface area contributed by atoms with Gasteiger partial charge in [0, 0.05) is 24.1 Å². The van der Waals surface area contributed by atoms with Crippen LogP contribution in [0.5, 0.6) is 5.75 Å². The molecule has 1 saturated carbocycles. The molecule has 0 aliphatic heterocycles. The zero-order valence-electron chi connectivity index (χ0n) is 17.9. The molecule has 1 fully saturated rings. The topological polar surface area (TPSA) is 69.0 Å². The van der Waals surface area contributed by atoms with Crippen LogP contribution in [-0.4, -0.2) is 27.8 Å². The Labute approximate surface area is 179 Å². The van der Waals surface area contributed by atoms with Gasteiger partial charge in [-0.2, -0.15) is 13.9 Å². The van der Waals surface area contributed by atoms with Gasteiger partial charge in [-0.05, 0) is 38.0 Å². The number of anilines is 1. The third-order valence-electron chi connectivity index (χ3n) is 5.83. The standard InChI is InChI=1S/C23H26F2N4O2/c1-14-20-15(13-29(28-20)16-8-5-4-6-9-16)12-18(21(14)31-3)27-22(30)17-10-7-11-19(26-17)23(2,24)25/h7,10-13,16H,4-6,8-9H2,1-3H3,(H,27,30). The number of aryl methyl sites for hydroxylation is 1. The molecule has 0 spiro atoms. The zero-order valence-corrected chi connectivity index (χ0v) is 17.9. The number of hydrogen-bond donors (Lipinski definition) is 1. The molecule has 2 aromatic heterocycles. The van der Waals surface area contributed by atoms with E-state index in [1.54, 1.807) is 0 Å². The van der Waals surface area contributed by atoms with E-state index >= 15 is 0 Å². The first kappa shape index (κ1) is 21.2. The fraction of sp³-hybridized carbons (Fsp3) is 0.435. The SMILES string of the molecule is COc1c(NC(=O)c2cccc(C(C)(F)F)n2)cc2cn(C3CCCCC3)nc2c1C. The second-order valence-electron chi connectivity index (χ2n) is 8.17. The summed E-state index contributed by atoms with van der Waals surface area (Å²) in [6, 6.07) is 6.20. The lowest BCUT2D eigenvalue weighted by atomic mass is 9.96. The Morgan fingerprint density at radius 3 is 2.68 bits per heavy atom. The molecule has 0 saturated heterocycles. The number of alkyl halides is 2. The van der Waals surface area contributed by atoms with Crippen molar-refractivity contribution in [1.82, 2.24) is 14.8 Å². The second kappa shape index (κ2) is 8.24. The number of benzene rings is 1. The van der Waals surface area contributed by atoms with E-state index < -0.39 is 17.5 Å². The number of nitrogens with zero attached hydrogens (tertiary/aromatic N) is 3. The highest BCUT2D eigenvalue weighted by Gasteiger charge is 2.27. The first-order chi connectivity index (χ1) is 14.8. The first-order valence-electron chi connectivity index (χ1n) is 10.5. The number of carbonyl (C=O) groups excluding carboxylic acids is 1. The van der Waals surface area contributed by atoms with E-state index in [4.69, 9.17) is 9.84 Å². The van der Waals surface area contributed by atoms with E-state index in [0.717, 1.165) is 36.2 Å². The molecule has 0 atom stereocenters. The minimum atomic E-state index is -3.13. The summed E-state index contributed by atoms with van der Waals surface area (Å²) in [6.45, 7) is 2.65. The van der Waals surface area contributed by atoms with Crippen LogP contribution in [0.1, 0.15) is 66.8 Å². The van der Waals surface area contributed by atoms with Gasteiger partial charge in [0.25, 0.3) is 11.8 Å². The van der Waals surface area contributed by atoms with Crippen LogP contribution < -0.4 is 10.1 Å². The zero-order chi connectivity index (χ0) is 22.2. The van der Waals surface area contributed by atoms with Gasteiger partial charge in [-0.25, -0.2) is 4.98 Å². The molecule has 3 aromatic rings. The van der Waals surface area contributed by atoms with Crippen LogP contribution in [0.3, 0.4) is 0 Å². The van der Waals surface area contributed by atoms with Gasteiger partial charge < -0.3 is 10.1 Å². The highest BCUT2D eigenvalue weighted by molar-refractivity contribution is 6.05. The van der Waals surface area contributed by atoms with Crippen LogP contribution in [0.4, 0.5) is 14.5 Å². The maximum absolute atomic E-state index is 13.6. The van der Waals surface area contributed by atoms with Crippen molar-refractivity contribution in [2.24, 2.45) is 0 Å². The van der Waals surface area contributed by atoms with E-state index in [1.807, 2.05) is 23.9 Å². The van der Waals surface area contributed by atoms with Crippen molar-refractivity contribution in [2.75, 3.05) is 12.4 Å². The van der Waals surface area contributed by atoms with Crippen molar-refractivity contribution < 1.29 is 18.3 Å². The van der Waals surface area contributed by atoms with E-state index in [1.165, 1.54) is 44.6 Å². The van der Waals surface area contributed by atoms with Crippen molar-refractivity contribution in [2.45, 2.75) is 57.9 Å². The number of amides is 1. The van der Waals surface area contributed by atoms with E-state index in [0.29, 0.717) is 17.5 Å². The first-order valence-corrected chi connectivity index (χ1v) is 10.5. The fourth-order valence-electron chi connectivity index (χ4n) is 4.21. The third kappa shape index (κ3) is 4.24. The fourth-order valence-corrected chi connectivity index (χ4v) is 4.21. The smallest absolute Gasteiger partial charge is 0.287 e. The molecular weight excluding hydrogens is 402 g/mol. The monoisotopic (exact) mass is 428 g/mol. The lowest BCUT2D eigenvalue weighted by Gasteiger charge is -2.21. The van der Waals surface area contributed by atoms with E-state index in [9.17, 15) is 13.6 Å². The van der Waals surface area contributed by atoms with E-state index in [-0.39, 0.29) is 5.69 Å². The minimum absolute atomic E-state index is 0.0864. The maximum atomic E-state index is 13.6. The number of pyridine rings is 1. The van der Waals surface area contributed by atoms with Crippen molar-refractivity contribution in [1.29, 1.82) is 0 Å². The van der Waals surface area contributed by atoms with Crippen LogP contribution in [0, 0.1) is 6.92 Å². The summed E-state index contributed by atoms with van der Waals surface area (Å²) in [4.78, 5) is 16.6. The summed E-state index contributed by atoms with van der Waals surface area (Å²) in [6.07, 6.45) is 7.89. The average Bonchev–Trinajstić information content (AvgIpc) is 3.19. The van der Waals surface area contributed by atoms with Crippen LogP contribution in [0.2, 0.25) is 0 Å². The predicted octanol–water partition coefficient (Wildman–Crippen LogP) is 5.62. The largest absolute Gasteiger partial charge is 0.494 e. The third-order valence-corrected chi connectivity index (χ3v) is 5.83. The van der Waals surface area contributed by atoms with Crippen molar-refractivity contribution in [3.05, 3.63) is 47.4 Å². The Balaban J connectivity index is 1.67. The molecular formula is C23H26F2N4O2. The van der Waals surface area contributed by atoms with Crippen molar-refractivity contribution in [3.8, 4) is 5.75 Å². The van der Waals surface area contributed by atoms with Gasteiger partial charge in [-0.1, -0.05) is 25.3 Å². The maximum Gasteiger partial charge on any atom is 0.287 e. The van der Waals surface area contributed by atoms with Gasteiger partial charge >= 0.3 is 0 Å². The lowest BCUT2D eigenvalue weighted by molar-refractivity contribution is 0.0126. The van der Waals surface area contributed by atoms with Crippen LogP contribution in [-0.2, 0) is 5.92 Å². The van der Waals surface area contributed by atoms with Crippen molar-refractivity contribution >= 4 is 22.5 Å². The highest BCUT2D eigenvalue weighted by Crippen LogP contribution is 2.37. The van der Waals surface area contributed by atoms with Crippen LogP contribution in [0.25, 0.3) is 10.9 Å². The molecule has 6 nitrogen and oxygen atoms in total. The summed E-state index contributed by atoms with van der Waals surface area (Å²) >= 11 is 0. The highest BCUT2D eigenvalue weighted by atomic mass is 19.3. The molecule has 1 amide bonds. The second-order valence-corrected chi connectivity index (χ2v) is 8.17. The Morgan fingerprint density at radius 1 is 1.26 bits per heavy atom. The van der Waals surface area contributed by atoms with Crippen LogP contribution >= 0.6 is 0 Å². The number of rotatable bonds is 5. The molecule has 4 rings (SSSR count). The normalized spacial score (nSPS) is 15.3. The molecule has 2 heterocycles. The van der Waals surface area contributed by atoms with Gasteiger partial charge in [0.1, 0.15) is 17.1 Å². The average molecular weight is 428 g/mol. The number of ether oxygens (including phenoxy) is 1. The number of hydrogen-bond acceptors (Lipinski definition) is 4. The van der Waals surface area contributed by atoms with Gasteiger partial charge in [-0.3, -0.25) is 9.48 Å². The number of fused-ring (bicyclic) bond motifs is 1. The molecule has 8 heteroatoms. The predicted molar refractivity (Wildman–Crippen MR) is 115 cm³/mol. The molecule has 0 bridgehead atoms. The quantitative estimate of drug-likeness (QED) is 0.573. The molecule has 1 aliphatic carbocycles. The number of aromatic nitrogens is 3. The lowest BCUT2D eigenvalue weighted by Crippen LogP contribution is -2.18. The van der Waals surface area contributed by atoms with Gasteiger partial charge in [-0.15, -0.1) is 0 Å². The number of nitrogens with one attached hydrogen (secondary N) is 1. The number of carbonyl (C=O) groups is 1. The molecule has 164 valence electrons. The minimum Gasteiger partial charge on any atom is -0.494 e. The summed E-state index contributed by atoms with van der Waals surface area (Å²) in [5.74, 6) is -3.22. The van der Waals surface area contributed by atoms with Gasteiger partial charge in [0.2, 0.25) is 0 Å². The summed E-state index contributed by atoms with van der Waals surface area (Å²) in [7, 11) is 1.53.